The van der Waals surface area contributed by atoms with Crippen molar-refractivity contribution >= 4 is 27.5 Å². The first-order chi connectivity index (χ1) is 8.56. The predicted octanol–water partition coefficient (Wildman–Crippen LogP) is 4.65. The number of halogens is 2. The monoisotopic (exact) mass is 323 g/mol. The molecule has 0 aliphatic heterocycles. The molecule has 2 aromatic rings. The van der Waals surface area contributed by atoms with Crippen LogP contribution in [0.2, 0.25) is 5.02 Å². The van der Waals surface area contributed by atoms with Crippen LogP contribution in [0.3, 0.4) is 0 Å². The topological polar surface area (TPSA) is 26.0 Å². The van der Waals surface area contributed by atoms with Crippen molar-refractivity contribution in [2.24, 2.45) is 5.73 Å². The van der Waals surface area contributed by atoms with Gasteiger partial charge in [-0.15, -0.1) is 0 Å². The zero-order valence-electron chi connectivity index (χ0n) is 10.2. The van der Waals surface area contributed by atoms with Crippen molar-refractivity contribution in [3.8, 4) is 0 Å². The lowest BCUT2D eigenvalue weighted by atomic mass is 9.99. The van der Waals surface area contributed by atoms with Crippen molar-refractivity contribution in [1.29, 1.82) is 0 Å². The van der Waals surface area contributed by atoms with Crippen molar-refractivity contribution in [1.82, 2.24) is 0 Å². The highest BCUT2D eigenvalue weighted by Gasteiger charge is 2.08. The van der Waals surface area contributed by atoms with Gasteiger partial charge in [-0.1, -0.05) is 51.8 Å². The molecule has 2 aromatic carbocycles. The van der Waals surface area contributed by atoms with Gasteiger partial charge in [0.25, 0.3) is 0 Å². The summed E-state index contributed by atoms with van der Waals surface area (Å²) in [5, 5.41) is 0.775. The van der Waals surface area contributed by atoms with E-state index in [0.29, 0.717) is 0 Å². The van der Waals surface area contributed by atoms with Crippen molar-refractivity contribution in [2.45, 2.75) is 19.4 Å². The molecule has 1 unspecified atom stereocenters. The molecule has 2 N–H and O–H groups in total. The molecule has 0 bridgehead atoms. The summed E-state index contributed by atoms with van der Waals surface area (Å²) in [6, 6.07) is 14.2. The van der Waals surface area contributed by atoms with Gasteiger partial charge in [0.2, 0.25) is 0 Å². The Morgan fingerprint density at radius 2 is 2.00 bits per heavy atom. The molecule has 2 rings (SSSR count). The highest BCUT2D eigenvalue weighted by atomic mass is 79.9. The molecule has 0 saturated carbocycles. The van der Waals surface area contributed by atoms with Crippen LogP contribution in [0.1, 0.15) is 22.7 Å². The molecule has 0 heterocycles. The first-order valence-electron chi connectivity index (χ1n) is 5.82. The number of hydrogen-bond donors (Lipinski definition) is 1. The predicted molar refractivity (Wildman–Crippen MR) is 81.0 cm³/mol. The van der Waals surface area contributed by atoms with E-state index >= 15 is 0 Å². The number of aryl methyl sites for hydroxylation is 1. The molecule has 94 valence electrons. The quantitative estimate of drug-likeness (QED) is 0.873. The summed E-state index contributed by atoms with van der Waals surface area (Å²) in [4.78, 5) is 0. The Hall–Kier alpha value is -0.830. The molecule has 0 amide bonds. The van der Waals surface area contributed by atoms with Crippen LogP contribution >= 0.6 is 27.5 Å². The Morgan fingerprint density at radius 1 is 1.22 bits per heavy atom. The summed E-state index contributed by atoms with van der Waals surface area (Å²) in [5.41, 5.74) is 9.59. The zero-order chi connectivity index (χ0) is 13.1. The summed E-state index contributed by atoms with van der Waals surface area (Å²) in [7, 11) is 0. The molecule has 0 radical (unpaired) electrons. The first-order valence-corrected chi connectivity index (χ1v) is 6.99. The fourth-order valence-corrected chi connectivity index (χ4v) is 2.51. The van der Waals surface area contributed by atoms with E-state index in [1.807, 2.05) is 37.3 Å². The summed E-state index contributed by atoms with van der Waals surface area (Å²) in [6.07, 6.45) is 0.804. The molecular formula is C15H15BrClN. The molecule has 0 aromatic heterocycles. The molecule has 18 heavy (non-hydrogen) atoms. The van der Waals surface area contributed by atoms with Gasteiger partial charge in [0.15, 0.2) is 0 Å². The second kappa shape index (κ2) is 5.87. The number of hydrogen-bond acceptors (Lipinski definition) is 1. The summed E-state index contributed by atoms with van der Waals surface area (Å²) < 4.78 is 1.08. The van der Waals surface area contributed by atoms with Gasteiger partial charge in [0.05, 0.1) is 0 Å². The van der Waals surface area contributed by atoms with Crippen LogP contribution < -0.4 is 5.73 Å². The van der Waals surface area contributed by atoms with Crippen molar-refractivity contribution in [3.63, 3.8) is 0 Å². The lowest BCUT2D eigenvalue weighted by molar-refractivity contribution is 0.721. The third-order valence-electron chi connectivity index (χ3n) is 2.97. The van der Waals surface area contributed by atoms with Crippen molar-refractivity contribution in [2.75, 3.05) is 0 Å². The average molecular weight is 325 g/mol. The Balaban J connectivity index is 2.16. The molecule has 0 aliphatic rings. The third kappa shape index (κ3) is 3.35. The highest BCUT2D eigenvalue weighted by Crippen LogP contribution is 2.23. The second-order valence-corrected chi connectivity index (χ2v) is 5.77. The lowest BCUT2D eigenvalue weighted by Crippen LogP contribution is -2.13. The van der Waals surface area contributed by atoms with E-state index in [1.165, 1.54) is 5.56 Å². The molecular weight excluding hydrogens is 310 g/mol. The van der Waals surface area contributed by atoms with Crippen molar-refractivity contribution in [3.05, 3.63) is 68.7 Å². The van der Waals surface area contributed by atoms with Crippen LogP contribution in [0.4, 0.5) is 0 Å². The molecule has 0 fully saturated rings. The normalized spacial score (nSPS) is 12.4. The maximum absolute atomic E-state index is 6.22. The average Bonchev–Trinajstić information content (AvgIpc) is 2.32. The lowest BCUT2D eigenvalue weighted by Gasteiger charge is -2.13. The Kier molecular flexibility index (Phi) is 4.44. The Labute approximate surface area is 121 Å². The van der Waals surface area contributed by atoms with Crippen LogP contribution in [0, 0.1) is 6.92 Å². The van der Waals surface area contributed by atoms with Crippen molar-refractivity contribution < 1.29 is 0 Å². The van der Waals surface area contributed by atoms with Crippen LogP contribution in [0.25, 0.3) is 0 Å². The largest absolute Gasteiger partial charge is 0.324 e. The minimum Gasteiger partial charge on any atom is -0.324 e. The summed E-state index contributed by atoms with van der Waals surface area (Å²) in [6.45, 7) is 1.99. The van der Waals surface area contributed by atoms with E-state index in [0.717, 1.165) is 27.0 Å². The molecule has 0 aliphatic carbocycles. The Bertz CT molecular complexity index is 554. The second-order valence-electron chi connectivity index (χ2n) is 4.45. The first kappa shape index (κ1) is 13.6. The van der Waals surface area contributed by atoms with Crippen LogP contribution in [-0.4, -0.2) is 0 Å². The van der Waals surface area contributed by atoms with Gasteiger partial charge in [0, 0.05) is 15.5 Å². The molecule has 0 spiro atoms. The third-order valence-corrected chi connectivity index (χ3v) is 3.87. The highest BCUT2D eigenvalue weighted by molar-refractivity contribution is 9.10. The number of nitrogens with two attached hydrogens (primary N) is 1. The summed E-state index contributed by atoms with van der Waals surface area (Å²) in [5.74, 6) is 0. The molecule has 1 nitrogen and oxygen atoms in total. The minimum absolute atomic E-state index is 0.0302. The van der Waals surface area contributed by atoms with Crippen LogP contribution in [0.5, 0.6) is 0 Å². The number of rotatable bonds is 3. The van der Waals surface area contributed by atoms with E-state index in [1.54, 1.807) is 0 Å². The smallest absolute Gasteiger partial charge is 0.0438 e. The van der Waals surface area contributed by atoms with E-state index in [-0.39, 0.29) is 6.04 Å². The van der Waals surface area contributed by atoms with E-state index in [9.17, 15) is 0 Å². The summed E-state index contributed by atoms with van der Waals surface area (Å²) >= 11 is 9.59. The van der Waals surface area contributed by atoms with E-state index in [4.69, 9.17) is 17.3 Å². The van der Waals surface area contributed by atoms with E-state index < -0.39 is 0 Å². The van der Waals surface area contributed by atoms with Crippen LogP contribution in [0.15, 0.2) is 46.9 Å². The maximum Gasteiger partial charge on any atom is 0.0438 e. The van der Waals surface area contributed by atoms with Gasteiger partial charge in [-0.2, -0.15) is 0 Å². The van der Waals surface area contributed by atoms with Gasteiger partial charge >= 0.3 is 0 Å². The minimum atomic E-state index is -0.0302. The van der Waals surface area contributed by atoms with Gasteiger partial charge in [0.1, 0.15) is 0 Å². The van der Waals surface area contributed by atoms with Crippen LogP contribution in [-0.2, 0) is 6.42 Å². The van der Waals surface area contributed by atoms with Gasteiger partial charge < -0.3 is 5.73 Å². The number of benzene rings is 2. The van der Waals surface area contributed by atoms with Gasteiger partial charge in [-0.3, -0.25) is 0 Å². The van der Waals surface area contributed by atoms with Gasteiger partial charge in [-0.25, -0.2) is 0 Å². The SMILES string of the molecule is Cc1ccc(C(N)Cc2cccc(Br)c2)cc1Cl. The molecule has 3 heteroatoms. The fourth-order valence-electron chi connectivity index (χ4n) is 1.88. The molecule has 1 atom stereocenters. The van der Waals surface area contributed by atoms with Gasteiger partial charge in [-0.05, 0) is 48.2 Å². The standard InChI is InChI=1S/C15H15BrClN/c1-10-5-6-12(9-14(10)17)15(18)8-11-3-2-4-13(16)7-11/h2-7,9,15H,8,18H2,1H3. The molecule has 0 saturated heterocycles. The van der Waals surface area contributed by atoms with E-state index in [2.05, 4.69) is 28.1 Å². The fraction of sp³-hybridized carbons (Fsp3) is 0.200. The zero-order valence-corrected chi connectivity index (χ0v) is 12.5. The Morgan fingerprint density at radius 3 is 2.67 bits per heavy atom. The maximum atomic E-state index is 6.22.